The molecule has 0 aromatic rings. The van der Waals surface area contributed by atoms with Crippen LogP contribution in [0.2, 0.25) is 0 Å². The van der Waals surface area contributed by atoms with Crippen molar-refractivity contribution in [1.29, 1.82) is 0 Å². The Bertz CT molecular complexity index is 380. The van der Waals surface area contributed by atoms with Crippen molar-refractivity contribution in [3.05, 3.63) is 0 Å². The van der Waals surface area contributed by atoms with Crippen LogP contribution in [-0.4, -0.2) is 50.2 Å². The van der Waals surface area contributed by atoms with Crippen molar-refractivity contribution in [2.45, 2.75) is 26.1 Å². The van der Waals surface area contributed by atoms with Gasteiger partial charge in [-0.15, -0.1) is 0 Å². The summed E-state index contributed by atoms with van der Waals surface area (Å²) in [6.45, 7) is 2.67. The lowest BCUT2D eigenvalue weighted by Gasteiger charge is -2.14. The van der Waals surface area contributed by atoms with Crippen molar-refractivity contribution in [1.82, 2.24) is 0 Å². The van der Waals surface area contributed by atoms with E-state index >= 15 is 0 Å². The van der Waals surface area contributed by atoms with E-state index in [1.165, 1.54) is 13.8 Å². The van der Waals surface area contributed by atoms with Crippen LogP contribution in [0.3, 0.4) is 0 Å². The Morgan fingerprint density at radius 2 is 1.60 bits per heavy atom. The largest absolute Gasteiger partial charge is 0.391 e. The molecule has 2 unspecified atom stereocenters. The third-order valence-corrected chi connectivity index (χ3v) is 3.85. The topological polar surface area (TPSA) is 118 Å². The maximum atomic E-state index is 11.1. The molecule has 0 aliphatic heterocycles. The Balaban J connectivity index is 4.34. The van der Waals surface area contributed by atoms with Gasteiger partial charge >= 0.3 is 0 Å². The lowest BCUT2D eigenvalue weighted by molar-refractivity contribution is 0.0648. The molecule has 7 nitrogen and oxygen atoms in total. The third kappa shape index (κ3) is 7.68. The quantitative estimate of drug-likeness (QED) is 0.465. The summed E-state index contributed by atoms with van der Waals surface area (Å²) in [6.07, 6.45) is -1.96. The SMILES string of the molecule is CC(O)C(C)OS(=O)(=O)CCS(=O)(=O)O. The van der Waals surface area contributed by atoms with E-state index in [1.807, 2.05) is 0 Å². The maximum absolute atomic E-state index is 11.1. The summed E-state index contributed by atoms with van der Waals surface area (Å²) in [7, 11) is -8.39. The van der Waals surface area contributed by atoms with Crippen LogP contribution in [0.15, 0.2) is 0 Å². The van der Waals surface area contributed by atoms with E-state index in [1.54, 1.807) is 0 Å². The lowest BCUT2D eigenvalue weighted by Crippen LogP contribution is -2.29. The number of aliphatic hydroxyl groups excluding tert-OH is 1. The fourth-order valence-corrected chi connectivity index (χ4v) is 2.95. The van der Waals surface area contributed by atoms with E-state index in [4.69, 9.17) is 9.66 Å². The summed E-state index contributed by atoms with van der Waals surface area (Å²) < 4.78 is 55.5. The third-order valence-electron chi connectivity index (χ3n) is 1.57. The molecule has 0 fully saturated rings. The molecule has 15 heavy (non-hydrogen) atoms. The van der Waals surface area contributed by atoms with Crippen molar-refractivity contribution >= 4 is 20.2 Å². The zero-order chi connectivity index (χ0) is 12.3. The second-order valence-corrected chi connectivity index (χ2v) is 6.38. The van der Waals surface area contributed by atoms with Crippen LogP contribution in [-0.2, 0) is 24.4 Å². The molecular formula is C6H14O7S2. The molecule has 0 aliphatic carbocycles. The van der Waals surface area contributed by atoms with Gasteiger partial charge in [-0.3, -0.25) is 8.74 Å². The van der Waals surface area contributed by atoms with Crippen LogP contribution in [0.25, 0.3) is 0 Å². The first-order valence-corrected chi connectivity index (χ1v) is 7.26. The summed E-state index contributed by atoms with van der Waals surface area (Å²) in [4.78, 5) is 0. The molecule has 0 aromatic carbocycles. The van der Waals surface area contributed by atoms with E-state index in [0.29, 0.717) is 0 Å². The molecule has 2 atom stereocenters. The average molecular weight is 262 g/mol. The molecule has 2 N–H and O–H groups in total. The van der Waals surface area contributed by atoms with Gasteiger partial charge in [0.1, 0.15) is 0 Å². The first kappa shape index (κ1) is 14.8. The van der Waals surface area contributed by atoms with E-state index < -0.39 is 43.9 Å². The highest BCUT2D eigenvalue weighted by Crippen LogP contribution is 2.05. The van der Waals surface area contributed by atoms with Gasteiger partial charge < -0.3 is 5.11 Å². The molecule has 9 heteroatoms. The van der Waals surface area contributed by atoms with Crippen LogP contribution in [0.4, 0.5) is 0 Å². The predicted octanol–water partition coefficient (Wildman–Crippen LogP) is -1.01. The maximum Gasteiger partial charge on any atom is 0.268 e. The second kappa shape index (κ2) is 5.21. The van der Waals surface area contributed by atoms with Crippen molar-refractivity contribution in [2.24, 2.45) is 0 Å². The van der Waals surface area contributed by atoms with E-state index in [0.717, 1.165) is 0 Å². The van der Waals surface area contributed by atoms with Crippen molar-refractivity contribution in [2.75, 3.05) is 11.5 Å². The van der Waals surface area contributed by atoms with Gasteiger partial charge in [-0.25, -0.2) is 0 Å². The van der Waals surface area contributed by atoms with Crippen molar-refractivity contribution < 1.29 is 30.7 Å². The van der Waals surface area contributed by atoms with Crippen LogP contribution in [0.1, 0.15) is 13.8 Å². The number of aliphatic hydroxyl groups is 1. The Morgan fingerprint density at radius 3 is 1.93 bits per heavy atom. The molecule has 0 aromatic heterocycles. The van der Waals surface area contributed by atoms with Gasteiger partial charge in [-0.05, 0) is 13.8 Å². The molecule has 0 rings (SSSR count). The number of rotatable bonds is 6. The highest BCUT2D eigenvalue weighted by atomic mass is 32.2. The van der Waals surface area contributed by atoms with Gasteiger partial charge in [0.2, 0.25) is 0 Å². The average Bonchev–Trinajstić information content (AvgIpc) is 1.99. The van der Waals surface area contributed by atoms with Crippen LogP contribution >= 0.6 is 0 Å². The minimum absolute atomic E-state index is 0.844. The zero-order valence-corrected chi connectivity index (χ0v) is 9.95. The summed E-state index contributed by atoms with van der Waals surface area (Å²) in [5.74, 6) is -1.77. The highest BCUT2D eigenvalue weighted by molar-refractivity contribution is 7.90. The predicted molar refractivity (Wildman–Crippen MR) is 52.4 cm³/mol. The summed E-state index contributed by atoms with van der Waals surface area (Å²) >= 11 is 0. The normalized spacial score (nSPS) is 17.3. The number of hydrogen-bond donors (Lipinski definition) is 2. The smallest absolute Gasteiger partial charge is 0.268 e. The molecule has 0 bridgehead atoms. The summed E-state index contributed by atoms with van der Waals surface area (Å²) in [6, 6.07) is 0. The summed E-state index contributed by atoms with van der Waals surface area (Å²) in [5.41, 5.74) is 0. The molecule has 0 saturated heterocycles. The Kier molecular flexibility index (Phi) is 5.14. The van der Waals surface area contributed by atoms with Gasteiger partial charge in [0.25, 0.3) is 20.2 Å². The second-order valence-electron chi connectivity index (χ2n) is 3.09. The Morgan fingerprint density at radius 1 is 1.13 bits per heavy atom. The molecule has 0 heterocycles. The van der Waals surface area contributed by atoms with Crippen molar-refractivity contribution in [3.63, 3.8) is 0 Å². The minimum Gasteiger partial charge on any atom is -0.391 e. The standard InChI is InChI=1S/C6H14O7S2/c1-5(7)6(2)13-15(11,12)4-3-14(8,9)10/h5-7H,3-4H2,1-2H3,(H,8,9,10). The van der Waals surface area contributed by atoms with Gasteiger partial charge in [0.15, 0.2) is 0 Å². The molecule has 0 spiro atoms. The van der Waals surface area contributed by atoms with Gasteiger partial charge in [-0.2, -0.15) is 16.8 Å². The zero-order valence-electron chi connectivity index (χ0n) is 8.32. The lowest BCUT2D eigenvalue weighted by atomic mass is 10.3. The van der Waals surface area contributed by atoms with Gasteiger partial charge in [-0.1, -0.05) is 0 Å². The fraction of sp³-hybridized carbons (Fsp3) is 1.00. The van der Waals surface area contributed by atoms with E-state index in [2.05, 4.69) is 4.18 Å². The molecular weight excluding hydrogens is 248 g/mol. The van der Waals surface area contributed by atoms with E-state index in [-0.39, 0.29) is 0 Å². The van der Waals surface area contributed by atoms with Gasteiger partial charge in [0.05, 0.1) is 23.7 Å². The van der Waals surface area contributed by atoms with E-state index in [9.17, 15) is 16.8 Å². The first-order valence-electron chi connectivity index (χ1n) is 4.08. The van der Waals surface area contributed by atoms with Crippen LogP contribution in [0, 0.1) is 0 Å². The molecule has 92 valence electrons. The first-order chi connectivity index (χ1) is 6.53. The van der Waals surface area contributed by atoms with Crippen molar-refractivity contribution in [3.8, 4) is 0 Å². The fourth-order valence-electron chi connectivity index (χ4n) is 0.567. The van der Waals surface area contributed by atoms with Gasteiger partial charge in [0, 0.05) is 0 Å². The molecule has 0 saturated carbocycles. The Labute approximate surface area is 88.9 Å². The molecule has 0 radical (unpaired) electrons. The summed E-state index contributed by atoms with van der Waals surface area (Å²) in [5, 5.41) is 8.96. The number of hydrogen-bond acceptors (Lipinski definition) is 6. The van der Waals surface area contributed by atoms with Crippen LogP contribution in [0.5, 0.6) is 0 Å². The van der Waals surface area contributed by atoms with Crippen LogP contribution < -0.4 is 0 Å². The molecule has 0 aliphatic rings. The highest BCUT2D eigenvalue weighted by Gasteiger charge is 2.21. The minimum atomic E-state index is -4.34. The molecule has 0 amide bonds. The monoisotopic (exact) mass is 262 g/mol. The Hall–Kier alpha value is -0.220.